The molecule has 1 atom stereocenters. The Labute approximate surface area is 88.0 Å². The van der Waals surface area contributed by atoms with Gasteiger partial charge in [-0.2, -0.15) is 0 Å². The predicted molar refractivity (Wildman–Crippen MR) is 43.2 cm³/mol. The second-order valence-corrected chi connectivity index (χ2v) is 3.59. The molecule has 0 bridgehead atoms. The van der Waals surface area contributed by atoms with E-state index < -0.39 is 11.1 Å². The summed E-state index contributed by atoms with van der Waals surface area (Å²) in [6.45, 7) is 0. The summed E-state index contributed by atoms with van der Waals surface area (Å²) in [4.78, 5) is 0.420. The van der Waals surface area contributed by atoms with Gasteiger partial charge in [-0.3, -0.25) is 0 Å². The van der Waals surface area contributed by atoms with Crippen LogP contribution in [0.3, 0.4) is 0 Å². The van der Waals surface area contributed by atoms with E-state index in [1.165, 1.54) is 0 Å². The maximum Gasteiger partial charge on any atom is 1.00 e. The van der Waals surface area contributed by atoms with Crippen molar-refractivity contribution in [3.63, 3.8) is 0 Å². The Morgan fingerprint density at radius 2 is 1.73 bits per heavy atom. The predicted octanol–water partition coefficient (Wildman–Crippen LogP) is -0.966. The van der Waals surface area contributed by atoms with Crippen molar-refractivity contribution in [2.45, 2.75) is 4.90 Å². The standard InChI is InChI=1S/C6H5BrO2S.Li/c7-5-1-3-6(4-2-5)10(8)9;/h1-4H,(H,8,9);/q;+1. The van der Waals surface area contributed by atoms with Gasteiger partial charge in [0.25, 0.3) is 0 Å². The maximum atomic E-state index is 10.4. The van der Waals surface area contributed by atoms with Gasteiger partial charge in [-0.25, -0.2) is 4.21 Å². The largest absolute Gasteiger partial charge is 1.00 e. The third-order valence-electron chi connectivity index (χ3n) is 1.02. The molecule has 1 aromatic rings. The van der Waals surface area contributed by atoms with Crippen LogP contribution >= 0.6 is 15.9 Å². The molecule has 0 aliphatic carbocycles. The Hall–Kier alpha value is 0.407. The second-order valence-electron chi connectivity index (χ2n) is 1.70. The van der Waals surface area contributed by atoms with Crippen LogP contribution in [-0.2, 0) is 11.1 Å². The van der Waals surface area contributed by atoms with Crippen LogP contribution in [0.15, 0.2) is 33.6 Å². The number of halogens is 1. The third kappa shape index (κ3) is 3.54. The summed E-state index contributed by atoms with van der Waals surface area (Å²) < 4.78 is 19.9. The van der Waals surface area contributed by atoms with E-state index in [4.69, 9.17) is 4.55 Å². The van der Waals surface area contributed by atoms with Gasteiger partial charge in [0.15, 0.2) is 11.1 Å². The molecule has 0 aliphatic rings. The Morgan fingerprint density at radius 1 is 1.27 bits per heavy atom. The summed E-state index contributed by atoms with van der Waals surface area (Å²) >= 11 is 1.36. The van der Waals surface area contributed by atoms with Crippen molar-refractivity contribution in [3.05, 3.63) is 28.7 Å². The Kier molecular flexibility index (Phi) is 5.31. The van der Waals surface area contributed by atoms with Gasteiger partial charge in [0.1, 0.15) is 0 Å². The first-order valence-electron chi connectivity index (χ1n) is 2.56. The zero-order chi connectivity index (χ0) is 7.56. The zero-order valence-corrected chi connectivity index (χ0v) is 8.35. The summed E-state index contributed by atoms with van der Waals surface area (Å²) in [7, 11) is 0. The van der Waals surface area contributed by atoms with Gasteiger partial charge < -0.3 is 4.55 Å². The van der Waals surface area contributed by atoms with E-state index >= 15 is 0 Å². The number of benzene rings is 1. The fourth-order valence-corrected chi connectivity index (χ4v) is 1.18. The van der Waals surface area contributed by atoms with Crippen molar-refractivity contribution in [2.24, 2.45) is 0 Å². The molecule has 0 amide bonds. The molecule has 2 nitrogen and oxygen atoms in total. The van der Waals surface area contributed by atoms with Gasteiger partial charge in [0.2, 0.25) is 0 Å². The topological polar surface area (TPSA) is 37.3 Å². The van der Waals surface area contributed by atoms with Gasteiger partial charge in [0, 0.05) is 4.47 Å². The van der Waals surface area contributed by atoms with E-state index in [-0.39, 0.29) is 18.9 Å². The summed E-state index contributed by atoms with van der Waals surface area (Å²) in [5, 5.41) is 0. The van der Waals surface area contributed by atoms with E-state index in [0.29, 0.717) is 4.90 Å². The summed E-state index contributed by atoms with van der Waals surface area (Å²) in [6, 6.07) is 6.65. The van der Waals surface area contributed by atoms with Gasteiger partial charge in [0.05, 0.1) is 4.90 Å². The van der Waals surface area contributed by atoms with Crippen LogP contribution in [0, 0.1) is 0 Å². The average Bonchev–Trinajstić information content (AvgIpc) is 1.88. The van der Waals surface area contributed by atoms with Gasteiger partial charge in [-0.15, -0.1) is 0 Å². The quantitative estimate of drug-likeness (QED) is 0.496. The van der Waals surface area contributed by atoms with E-state index in [0.717, 1.165) is 4.47 Å². The van der Waals surface area contributed by atoms with Crippen LogP contribution in [0.5, 0.6) is 0 Å². The number of rotatable bonds is 1. The van der Waals surface area contributed by atoms with E-state index in [1.54, 1.807) is 24.3 Å². The van der Waals surface area contributed by atoms with Crippen LogP contribution < -0.4 is 18.9 Å². The second kappa shape index (κ2) is 5.12. The van der Waals surface area contributed by atoms with Crippen molar-refractivity contribution < 1.29 is 27.6 Å². The van der Waals surface area contributed by atoms with Crippen LogP contribution in [0.2, 0.25) is 0 Å². The first-order chi connectivity index (χ1) is 4.70. The normalized spacial score (nSPS) is 11.8. The maximum absolute atomic E-state index is 10.4. The molecule has 0 heterocycles. The van der Waals surface area contributed by atoms with Gasteiger partial charge in [-0.1, -0.05) is 15.9 Å². The van der Waals surface area contributed by atoms with Gasteiger partial charge >= 0.3 is 18.9 Å². The molecule has 5 heteroatoms. The first kappa shape index (κ1) is 11.4. The Balaban J connectivity index is 0.000001000. The van der Waals surface area contributed by atoms with Crippen molar-refractivity contribution in [1.82, 2.24) is 0 Å². The summed E-state index contributed by atoms with van der Waals surface area (Å²) in [6.07, 6.45) is 0. The molecule has 0 saturated carbocycles. The molecule has 0 spiro atoms. The molecule has 1 rings (SSSR count). The van der Waals surface area contributed by atoms with Crippen molar-refractivity contribution in [3.8, 4) is 0 Å². The smallest absolute Gasteiger partial charge is 0.302 e. The third-order valence-corrected chi connectivity index (χ3v) is 2.22. The molecule has 54 valence electrons. The number of hydrogen-bond acceptors (Lipinski definition) is 1. The summed E-state index contributed by atoms with van der Waals surface area (Å²) in [5.74, 6) is 0. The van der Waals surface area contributed by atoms with Crippen molar-refractivity contribution in [2.75, 3.05) is 0 Å². The molecule has 0 fully saturated rings. The Bertz CT molecular complexity index is 249. The molecular formula is C6H5BrLiO2S+. The van der Waals surface area contributed by atoms with E-state index in [2.05, 4.69) is 15.9 Å². The van der Waals surface area contributed by atoms with Crippen LogP contribution in [0.25, 0.3) is 0 Å². The SMILES string of the molecule is O=S(O)c1ccc(Br)cc1.[Li+]. The first-order valence-corrected chi connectivity index (χ1v) is 4.46. The monoisotopic (exact) mass is 227 g/mol. The molecule has 0 aliphatic heterocycles. The van der Waals surface area contributed by atoms with E-state index in [1.807, 2.05) is 0 Å². The van der Waals surface area contributed by atoms with E-state index in [9.17, 15) is 4.21 Å². The number of hydrogen-bond donors (Lipinski definition) is 1. The van der Waals surface area contributed by atoms with Gasteiger partial charge in [-0.05, 0) is 24.3 Å². The minimum Gasteiger partial charge on any atom is -0.302 e. The molecule has 1 N–H and O–H groups in total. The summed E-state index contributed by atoms with van der Waals surface area (Å²) in [5.41, 5.74) is 0. The Morgan fingerprint density at radius 3 is 2.09 bits per heavy atom. The molecule has 0 aromatic heterocycles. The average molecular weight is 228 g/mol. The fourth-order valence-electron chi connectivity index (χ4n) is 0.551. The molecule has 1 unspecified atom stereocenters. The molecule has 1 aromatic carbocycles. The minimum atomic E-state index is -1.86. The van der Waals surface area contributed by atoms with Crippen LogP contribution in [0.1, 0.15) is 0 Å². The molecular weight excluding hydrogens is 223 g/mol. The van der Waals surface area contributed by atoms with Crippen LogP contribution in [0.4, 0.5) is 0 Å². The minimum absolute atomic E-state index is 0. The molecule has 11 heavy (non-hydrogen) atoms. The van der Waals surface area contributed by atoms with Crippen LogP contribution in [-0.4, -0.2) is 8.76 Å². The van der Waals surface area contributed by atoms with Crippen molar-refractivity contribution in [1.29, 1.82) is 0 Å². The fraction of sp³-hybridized carbons (Fsp3) is 0. The molecule has 0 saturated heterocycles. The zero-order valence-electron chi connectivity index (χ0n) is 5.95. The van der Waals surface area contributed by atoms with Crippen molar-refractivity contribution >= 4 is 27.0 Å². The molecule has 0 radical (unpaired) electrons.